The van der Waals surface area contributed by atoms with E-state index in [1.807, 2.05) is 72.8 Å². The number of rotatable bonds is 11. The molecule has 1 atom stereocenters. The van der Waals surface area contributed by atoms with Crippen molar-refractivity contribution in [3.8, 4) is 5.75 Å². The molecular weight excluding hydrogens is 527 g/mol. The smallest absolute Gasteiger partial charge is 0.416 e. The van der Waals surface area contributed by atoms with Crippen LogP contribution in [-0.4, -0.2) is 38.8 Å². The van der Waals surface area contributed by atoms with Gasteiger partial charge < -0.3 is 4.74 Å². The van der Waals surface area contributed by atoms with E-state index in [1.54, 1.807) is 11.8 Å². The Balaban J connectivity index is 1.55. The molecule has 0 unspecified atom stereocenters. The van der Waals surface area contributed by atoms with Crippen molar-refractivity contribution in [3.63, 3.8) is 0 Å². The van der Waals surface area contributed by atoms with Gasteiger partial charge in [0.2, 0.25) is 0 Å². The third kappa shape index (κ3) is 7.18. The molecule has 9 heteroatoms. The molecule has 0 N–H and O–H groups in total. The van der Waals surface area contributed by atoms with Crippen molar-refractivity contribution >= 4 is 0 Å². The van der Waals surface area contributed by atoms with E-state index >= 15 is 0 Å². The molecule has 0 saturated heterocycles. The zero-order valence-electron chi connectivity index (χ0n) is 22.6. The van der Waals surface area contributed by atoms with Gasteiger partial charge in [-0.3, -0.25) is 4.90 Å². The Morgan fingerprint density at radius 1 is 0.780 bits per heavy atom. The second kappa shape index (κ2) is 12.8. The minimum atomic E-state index is -4.43. The predicted molar refractivity (Wildman–Crippen MR) is 150 cm³/mol. The molecule has 0 aliphatic carbocycles. The molecule has 0 radical (unpaired) electrons. The predicted octanol–water partition coefficient (Wildman–Crippen LogP) is 6.58. The summed E-state index contributed by atoms with van der Waals surface area (Å²) in [7, 11) is 1.61. The topological polar surface area (TPSA) is 56.1 Å². The molecule has 5 aromatic rings. The Labute approximate surface area is 237 Å². The Kier molecular flexibility index (Phi) is 8.74. The number of hydrogen-bond acceptors (Lipinski definition) is 5. The molecular formula is C32H30F3N5O. The van der Waals surface area contributed by atoms with Gasteiger partial charge in [0.1, 0.15) is 5.75 Å². The number of nitrogens with zero attached hydrogens (tertiary/aromatic N) is 5. The minimum Gasteiger partial charge on any atom is -0.497 e. The zero-order valence-corrected chi connectivity index (χ0v) is 22.6. The van der Waals surface area contributed by atoms with Crippen LogP contribution in [0.2, 0.25) is 0 Å². The second-order valence-corrected chi connectivity index (χ2v) is 9.76. The molecule has 0 fully saturated rings. The SMILES string of the molecule is COc1ccc(Cn2nnnc2[C@@H](c2ccc(C(F)(F)F)cc2)N(CCc2ccccc2)Cc2ccccc2)cc1. The maximum atomic E-state index is 13.5. The molecule has 0 spiro atoms. The van der Waals surface area contributed by atoms with E-state index in [2.05, 4.69) is 32.6 Å². The normalized spacial score (nSPS) is 12.4. The van der Waals surface area contributed by atoms with Gasteiger partial charge in [-0.1, -0.05) is 84.9 Å². The summed E-state index contributed by atoms with van der Waals surface area (Å²) in [4.78, 5) is 2.22. The van der Waals surface area contributed by atoms with Gasteiger partial charge in [0, 0.05) is 13.1 Å². The van der Waals surface area contributed by atoms with Crippen molar-refractivity contribution in [2.45, 2.75) is 31.7 Å². The Morgan fingerprint density at radius 3 is 2.02 bits per heavy atom. The van der Waals surface area contributed by atoms with Crippen molar-refractivity contribution in [2.24, 2.45) is 0 Å². The van der Waals surface area contributed by atoms with Gasteiger partial charge in [0.15, 0.2) is 5.82 Å². The van der Waals surface area contributed by atoms with Crippen LogP contribution in [0.4, 0.5) is 13.2 Å². The summed E-state index contributed by atoms with van der Waals surface area (Å²) in [6.07, 6.45) is -3.69. The average Bonchev–Trinajstić information content (AvgIpc) is 3.44. The van der Waals surface area contributed by atoms with Gasteiger partial charge in [-0.25, -0.2) is 4.68 Å². The molecule has 0 bridgehead atoms. The first-order valence-electron chi connectivity index (χ1n) is 13.3. The van der Waals surface area contributed by atoms with Crippen LogP contribution in [0.5, 0.6) is 5.75 Å². The highest BCUT2D eigenvalue weighted by atomic mass is 19.4. The van der Waals surface area contributed by atoms with Gasteiger partial charge in [-0.2, -0.15) is 13.2 Å². The summed E-state index contributed by atoms with van der Waals surface area (Å²) in [5, 5.41) is 12.7. The van der Waals surface area contributed by atoms with E-state index < -0.39 is 17.8 Å². The number of alkyl halides is 3. The molecule has 1 aromatic heterocycles. The standard InChI is InChI=1S/C32H30F3N5O/c1-41-29-18-12-26(13-19-29)23-40-31(36-37-38-40)30(27-14-16-28(17-15-27)32(33,34)35)39(22-25-10-6-3-7-11-25)21-20-24-8-4-2-5-9-24/h2-19,30H,20-23H2,1H3/t30-/m1/s1. The van der Waals surface area contributed by atoms with Crippen LogP contribution in [0.25, 0.3) is 0 Å². The van der Waals surface area contributed by atoms with Crippen LogP contribution in [0.3, 0.4) is 0 Å². The Bertz CT molecular complexity index is 1510. The van der Waals surface area contributed by atoms with E-state index in [0.29, 0.717) is 31.0 Å². The third-order valence-corrected chi connectivity index (χ3v) is 6.97. The summed E-state index contributed by atoms with van der Waals surface area (Å²) in [6, 6.07) is 32.5. The molecule has 0 amide bonds. The first kappa shape index (κ1) is 28.0. The summed E-state index contributed by atoms with van der Waals surface area (Å²) < 4.78 is 47.3. The first-order valence-corrected chi connectivity index (χ1v) is 13.3. The lowest BCUT2D eigenvalue weighted by atomic mass is 10.00. The fourth-order valence-electron chi connectivity index (χ4n) is 4.84. The van der Waals surface area contributed by atoms with Crippen LogP contribution in [0.1, 0.15) is 39.7 Å². The zero-order chi connectivity index (χ0) is 28.7. The number of halogens is 3. The fourth-order valence-corrected chi connectivity index (χ4v) is 4.84. The number of hydrogen-bond donors (Lipinski definition) is 0. The number of ether oxygens (including phenoxy) is 1. The third-order valence-electron chi connectivity index (χ3n) is 6.97. The highest BCUT2D eigenvalue weighted by Gasteiger charge is 2.32. The van der Waals surface area contributed by atoms with Gasteiger partial charge in [0.05, 0.1) is 25.3 Å². The molecule has 5 rings (SSSR count). The minimum absolute atomic E-state index is 0.390. The number of benzene rings is 4. The maximum absolute atomic E-state index is 13.5. The van der Waals surface area contributed by atoms with E-state index in [9.17, 15) is 13.2 Å². The van der Waals surface area contributed by atoms with Gasteiger partial charge in [-0.15, -0.1) is 5.10 Å². The molecule has 0 aliphatic heterocycles. The lowest BCUT2D eigenvalue weighted by Gasteiger charge is -2.32. The molecule has 6 nitrogen and oxygen atoms in total. The lowest BCUT2D eigenvalue weighted by molar-refractivity contribution is -0.137. The molecule has 0 saturated carbocycles. The van der Waals surface area contributed by atoms with Crippen LogP contribution in [0, 0.1) is 0 Å². The summed E-state index contributed by atoms with van der Waals surface area (Å²) >= 11 is 0. The molecule has 4 aromatic carbocycles. The highest BCUT2D eigenvalue weighted by Crippen LogP contribution is 2.33. The average molecular weight is 558 g/mol. The summed E-state index contributed by atoms with van der Waals surface area (Å²) in [5.74, 6) is 1.29. The largest absolute Gasteiger partial charge is 0.497 e. The number of methoxy groups -OCH3 is 1. The van der Waals surface area contributed by atoms with E-state index in [0.717, 1.165) is 41.0 Å². The number of aromatic nitrogens is 4. The van der Waals surface area contributed by atoms with Gasteiger partial charge >= 0.3 is 6.18 Å². The molecule has 41 heavy (non-hydrogen) atoms. The fraction of sp³-hybridized carbons (Fsp3) is 0.219. The van der Waals surface area contributed by atoms with E-state index in [1.165, 1.54) is 12.1 Å². The monoisotopic (exact) mass is 557 g/mol. The maximum Gasteiger partial charge on any atom is 0.416 e. The van der Waals surface area contributed by atoms with Crippen molar-refractivity contribution in [2.75, 3.05) is 13.7 Å². The van der Waals surface area contributed by atoms with Crippen LogP contribution >= 0.6 is 0 Å². The van der Waals surface area contributed by atoms with Crippen molar-refractivity contribution in [3.05, 3.63) is 143 Å². The van der Waals surface area contributed by atoms with Crippen LogP contribution < -0.4 is 4.74 Å². The van der Waals surface area contributed by atoms with Crippen LogP contribution in [0.15, 0.2) is 109 Å². The van der Waals surface area contributed by atoms with Gasteiger partial charge in [0.25, 0.3) is 0 Å². The van der Waals surface area contributed by atoms with Crippen molar-refractivity contribution in [1.29, 1.82) is 0 Å². The van der Waals surface area contributed by atoms with E-state index in [4.69, 9.17) is 4.74 Å². The quantitative estimate of drug-likeness (QED) is 0.184. The Morgan fingerprint density at radius 2 is 1.41 bits per heavy atom. The Hall–Kier alpha value is -4.50. The van der Waals surface area contributed by atoms with Crippen molar-refractivity contribution < 1.29 is 17.9 Å². The van der Waals surface area contributed by atoms with Crippen molar-refractivity contribution in [1.82, 2.24) is 25.1 Å². The summed E-state index contributed by atoms with van der Waals surface area (Å²) in [5.41, 5.74) is 3.18. The van der Waals surface area contributed by atoms with Gasteiger partial charge in [-0.05, 0) is 63.4 Å². The lowest BCUT2D eigenvalue weighted by Crippen LogP contribution is -2.33. The molecule has 0 aliphatic rings. The molecule has 210 valence electrons. The van der Waals surface area contributed by atoms with E-state index in [-0.39, 0.29) is 0 Å². The summed E-state index contributed by atoms with van der Waals surface area (Å²) in [6.45, 7) is 1.57. The molecule has 1 heterocycles. The first-order chi connectivity index (χ1) is 19.9. The number of tetrazole rings is 1. The highest BCUT2D eigenvalue weighted by molar-refractivity contribution is 5.32. The van der Waals surface area contributed by atoms with Crippen LogP contribution in [-0.2, 0) is 25.7 Å². The second-order valence-electron chi connectivity index (χ2n) is 9.76.